The first-order chi connectivity index (χ1) is 7.45. The molecule has 16 heavy (non-hydrogen) atoms. The van der Waals surface area contributed by atoms with Crippen molar-refractivity contribution in [2.24, 2.45) is 7.05 Å². The Hall–Kier alpha value is -0.870. The molecule has 0 spiro atoms. The van der Waals surface area contributed by atoms with E-state index < -0.39 is 0 Å². The van der Waals surface area contributed by atoms with E-state index in [9.17, 15) is 0 Å². The maximum absolute atomic E-state index is 8.69. The highest BCUT2D eigenvalue weighted by Gasteiger charge is 2.21. The second-order valence-electron chi connectivity index (χ2n) is 5.18. The first kappa shape index (κ1) is 13.2. The summed E-state index contributed by atoms with van der Waals surface area (Å²) >= 11 is 0. The fourth-order valence-electron chi connectivity index (χ4n) is 1.73. The molecule has 1 rings (SSSR count). The van der Waals surface area contributed by atoms with Crippen LogP contribution in [-0.2, 0) is 19.0 Å². The number of hydrogen-bond donors (Lipinski definition) is 2. The third-order valence-corrected chi connectivity index (χ3v) is 2.44. The van der Waals surface area contributed by atoms with Crippen molar-refractivity contribution >= 4 is 0 Å². The molecule has 92 valence electrons. The fraction of sp³-hybridized carbons (Fsp3) is 0.750. The predicted octanol–water partition coefficient (Wildman–Crippen LogP) is 1.19. The van der Waals surface area contributed by atoms with Gasteiger partial charge in [0.05, 0.1) is 5.69 Å². The summed E-state index contributed by atoms with van der Waals surface area (Å²) in [5, 5.41) is 16.5. The molecule has 1 heterocycles. The Morgan fingerprint density at radius 2 is 2.12 bits per heavy atom. The van der Waals surface area contributed by atoms with E-state index in [1.165, 1.54) is 5.56 Å². The van der Waals surface area contributed by atoms with E-state index in [0.717, 1.165) is 25.2 Å². The van der Waals surface area contributed by atoms with E-state index in [0.29, 0.717) is 0 Å². The van der Waals surface area contributed by atoms with Crippen molar-refractivity contribution in [3.05, 3.63) is 17.5 Å². The molecule has 0 aromatic carbocycles. The van der Waals surface area contributed by atoms with Crippen molar-refractivity contribution in [1.29, 1.82) is 0 Å². The van der Waals surface area contributed by atoms with Gasteiger partial charge in [-0.3, -0.25) is 4.68 Å². The van der Waals surface area contributed by atoms with Gasteiger partial charge in [-0.2, -0.15) is 5.10 Å². The smallest absolute Gasteiger partial charge is 0.0722 e. The minimum atomic E-state index is 0.0786. The van der Waals surface area contributed by atoms with E-state index >= 15 is 0 Å². The zero-order chi connectivity index (χ0) is 12.2. The van der Waals surface area contributed by atoms with E-state index in [1.807, 2.05) is 11.7 Å². The lowest BCUT2D eigenvalue weighted by molar-refractivity contribution is 0.286. The molecular formula is C12H23N3O. The van der Waals surface area contributed by atoms with Crippen LogP contribution < -0.4 is 5.32 Å². The van der Waals surface area contributed by atoms with Gasteiger partial charge in [-0.25, -0.2) is 0 Å². The maximum atomic E-state index is 8.69. The minimum Gasteiger partial charge on any atom is -0.396 e. The van der Waals surface area contributed by atoms with Gasteiger partial charge in [0, 0.05) is 37.4 Å². The van der Waals surface area contributed by atoms with Crippen LogP contribution in [0.4, 0.5) is 0 Å². The van der Waals surface area contributed by atoms with E-state index in [2.05, 4.69) is 37.4 Å². The Labute approximate surface area is 97.7 Å². The van der Waals surface area contributed by atoms with Crippen LogP contribution in [0.15, 0.2) is 6.20 Å². The lowest BCUT2D eigenvalue weighted by Gasteiger charge is -2.17. The van der Waals surface area contributed by atoms with Gasteiger partial charge in [0.15, 0.2) is 0 Å². The van der Waals surface area contributed by atoms with Crippen LogP contribution in [0.25, 0.3) is 0 Å². The summed E-state index contributed by atoms with van der Waals surface area (Å²) < 4.78 is 1.86. The summed E-state index contributed by atoms with van der Waals surface area (Å²) in [5.41, 5.74) is 2.47. The van der Waals surface area contributed by atoms with Gasteiger partial charge < -0.3 is 10.4 Å². The SMILES string of the molecule is Cn1cc(CNCCCO)c(C(C)(C)C)n1. The number of rotatable bonds is 5. The highest BCUT2D eigenvalue weighted by Crippen LogP contribution is 2.23. The molecule has 0 atom stereocenters. The lowest BCUT2D eigenvalue weighted by atomic mass is 9.89. The van der Waals surface area contributed by atoms with Gasteiger partial charge in [-0.05, 0) is 13.0 Å². The normalized spacial score (nSPS) is 12.1. The largest absolute Gasteiger partial charge is 0.396 e. The quantitative estimate of drug-likeness (QED) is 0.740. The Balaban J connectivity index is 2.65. The minimum absolute atomic E-state index is 0.0786. The summed E-state index contributed by atoms with van der Waals surface area (Å²) in [5.74, 6) is 0. The molecule has 2 N–H and O–H groups in total. The van der Waals surface area contributed by atoms with Crippen LogP contribution in [0.3, 0.4) is 0 Å². The fourth-order valence-corrected chi connectivity index (χ4v) is 1.73. The molecule has 0 unspecified atom stereocenters. The number of nitrogens with zero attached hydrogens (tertiary/aromatic N) is 2. The maximum Gasteiger partial charge on any atom is 0.0722 e. The molecule has 0 fully saturated rings. The molecule has 0 amide bonds. The third-order valence-electron chi connectivity index (χ3n) is 2.44. The number of aliphatic hydroxyl groups is 1. The van der Waals surface area contributed by atoms with Crippen molar-refractivity contribution in [2.45, 2.75) is 39.2 Å². The molecule has 0 saturated heterocycles. The first-order valence-corrected chi connectivity index (χ1v) is 5.79. The highest BCUT2D eigenvalue weighted by atomic mass is 16.3. The summed E-state index contributed by atoms with van der Waals surface area (Å²) in [7, 11) is 1.95. The van der Waals surface area contributed by atoms with Gasteiger partial charge >= 0.3 is 0 Å². The molecule has 1 aromatic heterocycles. The summed E-state index contributed by atoms with van der Waals surface area (Å²) in [6, 6.07) is 0. The second kappa shape index (κ2) is 5.46. The van der Waals surface area contributed by atoms with Crippen LogP contribution in [-0.4, -0.2) is 28.0 Å². The average Bonchev–Trinajstić information content (AvgIpc) is 2.54. The number of aryl methyl sites for hydroxylation is 1. The summed E-state index contributed by atoms with van der Waals surface area (Å²) in [6.07, 6.45) is 2.86. The summed E-state index contributed by atoms with van der Waals surface area (Å²) in [4.78, 5) is 0. The zero-order valence-corrected chi connectivity index (χ0v) is 10.7. The van der Waals surface area contributed by atoms with Crippen molar-refractivity contribution in [3.63, 3.8) is 0 Å². The molecule has 0 aliphatic heterocycles. The van der Waals surface area contributed by atoms with E-state index in [1.54, 1.807) is 0 Å². The topological polar surface area (TPSA) is 50.1 Å². The van der Waals surface area contributed by atoms with Gasteiger partial charge in [-0.15, -0.1) is 0 Å². The molecule has 0 saturated carbocycles. The summed E-state index contributed by atoms with van der Waals surface area (Å²) in [6.45, 7) is 8.42. The van der Waals surface area contributed by atoms with Gasteiger partial charge in [-0.1, -0.05) is 20.8 Å². The Bertz CT molecular complexity index is 325. The van der Waals surface area contributed by atoms with Crippen LogP contribution >= 0.6 is 0 Å². The van der Waals surface area contributed by atoms with Gasteiger partial charge in [0.2, 0.25) is 0 Å². The molecular weight excluding hydrogens is 202 g/mol. The number of nitrogens with one attached hydrogen (secondary N) is 1. The Kier molecular flexibility index (Phi) is 4.50. The first-order valence-electron chi connectivity index (χ1n) is 5.79. The number of hydrogen-bond acceptors (Lipinski definition) is 3. The molecule has 0 bridgehead atoms. The van der Waals surface area contributed by atoms with E-state index in [4.69, 9.17) is 5.11 Å². The standard InChI is InChI=1S/C12H23N3O/c1-12(2,3)11-10(9-15(4)14-11)8-13-6-5-7-16/h9,13,16H,5-8H2,1-4H3. The van der Waals surface area contributed by atoms with Crippen molar-refractivity contribution < 1.29 is 5.11 Å². The van der Waals surface area contributed by atoms with Crippen LogP contribution in [0.5, 0.6) is 0 Å². The van der Waals surface area contributed by atoms with Crippen molar-refractivity contribution in [1.82, 2.24) is 15.1 Å². The monoisotopic (exact) mass is 225 g/mol. The Morgan fingerprint density at radius 1 is 1.44 bits per heavy atom. The average molecular weight is 225 g/mol. The van der Waals surface area contributed by atoms with Gasteiger partial charge in [0.25, 0.3) is 0 Å². The molecule has 0 aliphatic carbocycles. The molecule has 4 heteroatoms. The predicted molar refractivity (Wildman–Crippen MR) is 65.3 cm³/mol. The highest BCUT2D eigenvalue weighted by molar-refractivity contribution is 5.23. The second-order valence-corrected chi connectivity index (χ2v) is 5.18. The van der Waals surface area contributed by atoms with Crippen molar-refractivity contribution in [2.75, 3.05) is 13.2 Å². The van der Waals surface area contributed by atoms with Crippen LogP contribution in [0.1, 0.15) is 38.4 Å². The van der Waals surface area contributed by atoms with Crippen molar-refractivity contribution in [3.8, 4) is 0 Å². The van der Waals surface area contributed by atoms with Crippen LogP contribution in [0, 0.1) is 0 Å². The lowest BCUT2D eigenvalue weighted by Crippen LogP contribution is -2.20. The molecule has 4 nitrogen and oxygen atoms in total. The molecule has 1 aromatic rings. The third kappa shape index (κ3) is 3.61. The number of aromatic nitrogens is 2. The zero-order valence-electron chi connectivity index (χ0n) is 10.7. The molecule has 0 radical (unpaired) electrons. The Morgan fingerprint density at radius 3 is 2.69 bits per heavy atom. The van der Waals surface area contributed by atoms with Gasteiger partial charge in [0.1, 0.15) is 0 Å². The van der Waals surface area contributed by atoms with Crippen LogP contribution in [0.2, 0.25) is 0 Å². The number of aliphatic hydroxyl groups excluding tert-OH is 1. The van der Waals surface area contributed by atoms with E-state index in [-0.39, 0.29) is 12.0 Å². The molecule has 0 aliphatic rings.